The molecule has 3 saturated carbocycles. The van der Waals surface area contributed by atoms with Crippen molar-refractivity contribution < 1.29 is 4.79 Å². The van der Waals surface area contributed by atoms with Crippen molar-refractivity contribution in [3.63, 3.8) is 0 Å². The Balaban J connectivity index is 1.71. The summed E-state index contributed by atoms with van der Waals surface area (Å²) in [5.41, 5.74) is 2.98. The molecule has 0 aromatic heterocycles. The highest BCUT2D eigenvalue weighted by molar-refractivity contribution is 5.92. The summed E-state index contributed by atoms with van der Waals surface area (Å²) < 4.78 is 0. The standard InChI is InChI=1S/C22H22O/c1-21(2)18(14-9-5-3-6-10-14)16-13-17(23)20-19(16)22(20,21)15-11-7-4-8-12-15/h3-12,16,18-20H,13H2,1-2H3/t16-,18+,19+,20+,22-/m0/s1. The number of rotatable bonds is 2. The minimum absolute atomic E-state index is 0.0643. The van der Waals surface area contributed by atoms with Gasteiger partial charge >= 0.3 is 0 Å². The summed E-state index contributed by atoms with van der Waals surface area (Å²) >= 11 is 0. The lowest BCUT2D eigenvalue weighted by molar-refractivity contribution is -0.119. The van der Waals surface area contributed by atoms with Crippen molar-refractivity contribution in [2.75, 3.05) is 0 Å². The van der Waals surface area contributed by atoms with Crippen LogP contribution in [0.5, 0.6) is 0 Å². The molecule has 1 nitrogen and oxygen atoms in total. The molecule has 116 valence electrons. The minimum Gasteiger partial charge on any atom is -0.299 e. The van der Waals surface area contributed by atoms with E-state index in [4.69, 9.17) is 0 Å². The summed E-state index contributed by atoms with van der Waals surface area (Å²) in [6, 6.07) is 21.7. The van der Waals surface area contributed by atoms with Crippen LogP contribution < -0.4 is 0 Å². The fourth-order valence-electron chi connectivity index (χ4n) is 6.67. The molecule has 0 unspecified atom stereocenters. The number of hydrogen-bond acceptors (Lipinski definition) is 1. The molecule has 2 aromatic carbocycles. The van der Waals surface area contributed by atoms with Crippen molar-refractivity contribution in [1.82, 2.24) is 0 Å². The lowest BCUT2D eigenvalue weighted by Gasteiger charge is -2.39. The Labute approximate surface area is 137 Å². The fraction of sp³-hybridized carbons (Fsp3) is 0.409. The molecule has 0 aliphatic heterocycles. The molecule has 3 aliphatic rings. The summed E-state index contributed by atoms with van der Waals surface area (Å²) in [7, 11) is 0. The highest BCUT2D eigenvalue weighted by Crippen LogP contribution is 2.85. The number of ketones is 1. The zero-order chi connectivity index (χ0) is 15.8. The third-order valence-electron chi connectivity index (χ3n) is 7.19. The van der Waals surface area contributed by atoms with E-state index in [9.17, 15) is 4.79 Å². The Morgan fingerprint density at radius 1 is 0.870 bits per heavy atom. The second-order valence-corrected chi connectivity index (χ2v) is 8.18. The Morgan fingerprint density at radius 3 is 2.13 bits per heavy atom. The number of carbonyl (C=O) groups excluding carboxylic acids is 1. The van der Waals surface area contributed by atoms with E-state index in [1.165, 1.54) is 11.1 Å². The zero-order valence-corrected chi connectivity index (χ0v) is 13.7. The quantitative estimate of drug-likeness (QED) is 0.793. The summed E-state index contributed by atoms with van der Waals surface area (Å²) in [5.74, 6) is 2.33. The highest BCUT2D eigenvalue weighted by Gasteiger charge is 2.85. The van der Waals surface area contributed by atoms with Crippen LogP contribution in [-0.2, 0) is 10.2 Å². The van der Waals surface area contributed by atoms with Crippen LogP contribution in [0.2, 0.25) is 0 Å². The van der Waals surface area contributed by atoms with Crippen molar-refractivity contribution in [3.05, 3.63) is 71.8 Å². The zero-order valence-electron chi connectivity index (χ0n) is 13.7. The predicted molar refractivity (Wildman–Crippen MR) is 91.2 cm³/mol. The number of fused-ring (bicyclic) bond motifs is 1. The fourth-order valence-corrected chi connectivity index (χ4v) is 6.67. The Kier molecular flexibility index (Phi) is 2.44. The molecule has 5 atom stereocenters. The molecule has 0 spiro atoms. The lowest BCUT2D eigenvalue weighted by atomic mass is 9.64. The number of hydrogen-bond donors (Lipinski definition) is 0. The van der Waals surface area contributed by atoms with Crippen LogP contribution in [0.15, 0.2) is 60.7 Å². The molecule has 5 rings (SSSR count). The molecule has 0 amide bonds. The van der Waals surface area contributed by atoms with E-state index in [0.717, 1.165) is 6.42 Å². The molecular formula is C22H22O. The van der Waals surface area contributed by atoms with Gasteiger partial charge in [0.2, 0.25) is 0 Å². The molecule has 3 fully saturated rings. The van der Waals surface area contributed by atoms with E-state index < -0.39 is 0 Å². The van der Waals surface area contributed by atoms with Gasteiger partial charge in [0.25, 0.3) is 0 Å². The predicted octanol–water partition coefficient (Wildman–Crippen LogP) is 4.58. The van der Waals surface area contributed by atoms with Crippen LogP contribution in [-0.4, -0.2) is 5.78 Å². The van der Waals surface area contributed by atoms with E-state index in [2.05, 4.69) is 74.5 Å². The topological polar surface area (TPSA) is 17.1 Å². The van der Waals surface area contributed by atoms with Gasteiger partial charge in [-0.1, -0.05) is 74.5 Å². The van der Waals surface area contributed by atoms with Gasteiger partial charge in [-0.15, -0.1) is 0 Å². The van der Waals surface area contributed by atoms with E-state index >= 15 is 0 Å². The van der Waals surface area contributed by atoms with Crippen LogP contribution >= 0.6 is 0 Å². The second-order valence-electron chi connectivity index (χ2n) is 8.18. The van der Waals surface area contributed by atoms with E-state index in [-0.39, 0.29) is 16.7 Å². The van der Waals surface area contributed by atoms with Crippen LogP contribution in [0.3, 0.4) is 0 Å². The molecule has 0 heterocycles. The van der Waals surface area contributed by atoms with E-state index in [1.807, 2.05) is 0 Å². The SMILES string of the molecule is CC1(C)[C@H](c2ccccc2)[C@@H]2CC(=O)[C@@H]3[C@@H]2[C@@]31c1ccccc1. The van der Waals surface area contributed by atoms with Crippen molar-refractivity contribution in [1.29, 1.82) is 0 Å². The molecule has 3 aliphatic carbocycles. The van der Waals surface area contributed by atoms with Gasteiger partial charge in [-0.05, 0) is 34.3 Å². The third-order valence-corrected chi connectivity index (χ3v) is 7.19. The van der Waals surface area contributed by atoms with Crippen LogP contribution in [0.1, 0.15) is 37.3 Å². The van der Waals surface area contributed by atoms with Gasteiger partial charge in [-0.2, -0.15) is 0 Å². The van der Waals surface area contributed by atoms with Gasteiger partial charge in [0.15, 0.2) is 0 Å². The number of carbonyl (C=O) groups is 1. The summed E-state index contributed by atoms with van der Waals surface area (Å²) in [5, 5.41) is 0. The van der Waals surface area contributed by atoms with Gasteiger partial charge in [0.05, 0.1) is 0 Å². The average molecular weight is 302 g/mol. The average Bonchev–Trinajstić information content (AvgIpc) is 3.13. The first-order valence-electron chi connectivity index (χ1n) is 8.73. The van der Waals surface area contributed by atoms with Gasteiger partial charge in [0.1, 0.15) is 5.78 Å². The summed E-state index contributed by atoms with van der Waals surface area (Å²) in [6.07, 6.45) is 0.785. The normalized spacial score (nSPS) is 39.3. The van der Waals surface area contributed by atoms with Crippen molar-refractivity contribution in [3.8, 4) is 0 Å². The monoisotopic (exact) mass is 302 g/mol. The maximum absolute atomic E-state index is 12.7. The van der Waals surface area contributed by atoms with Crippen LogP contribution in [0.4, 0.5) is 0 Å². The number of Topliss-reactive ketones (excluding diaryl/α,β-unsaturated/α-hetero) is 1. The molecule has 0 saturated heterocycles. The Morgan fingerprint density at radius 2 is 1.48 bits per heavy atom. The molecule has 0 N–H and O–H groups in total. The molecule has 23 heavy (non-hydrogen) atoms. The Bertz CT molecular complexity index is 776. The maximum Gasteiger partial charge on any atom is 0.137 e. The summed E-state index contributed by atoms with van der Waals surface area (Å²) in [4.78, 5) is 12.7. The largest absolute Gasteiger partial charge is 0.299 e. The minimum atomic E-state index is 0.0643. The molecule has 1 heteroatoms. The molecular weight excluding hydrogens is 280 g/mol. The first kappa shape index (κ1) is 13.5. The number of benzene rings is 2. The van der Waals surface area contributed by atoms with E-state index in [1.54, 1.807) is 0 Å². The first-order chi connectivity index (χ1) is 11.1. The van der Waals surface area contributed by atoms with Crippen molar-refractivity contribution in [2.24, 2.45) is 23.2 Å². The van der Waals surface area contributed by atoms with Crippen LogP contribution in [0.25, 0.3) is 0 Å². The van der Waals surface area contributed by atoms with Crippen molar-refractivity contribution in [2.45, 2.75) is 31.6 Å². The molecule has 2 aromatic rings. The highest BCUT2D eigenvalue weighted by atomic mass is 16.1. The lowest BCUT2D eigenvalue weighted by Crippen LogP contribution is -2.34. The Hall–Kier alpha value is -1.89. The smallest absolute Gasteiger partial charge is 0.137 e. The van der Waals surface area contributed by atoms with Gasteiger partial charge in [-0.25, -0.2) is 0 Å². The van der Waals surface area contributed by atoms with Crippen molar-refractivity contribution >= 4 is 5.78 Å². The summed E-state index contributed by atoms with van der Waals surface area (Å²) in [6.45, 7) is 4.81. The van der Waals surface area contributed by atoms with Gasteiger partial charge in [-0.3, -0.25) is 4.79 Å². The first-order valence-corrected chi connectivity index (χ1v) is 8.73. The molecule has 0 radical (unpaired) electrons. The van der Waals surface area contributed by atoms with Gasteiger partial charge in [0, 0.05) is 17.8 Å². The van der Waals surface area contributed by atoms with E-state index in [0.29, 0.717) is 23.5 Å². The van der Waals surface area contributed by atoms with Gasteiger partial charge < -0.3 is 0 Å². The molecule has 0 bridgehead atoms. The maximum atomic E-state index is 12.7. The van der Waals surface area contributed by atoms with Crippen LogP contribution in [0, 0.1) is 23.2 Å². The third kappa shape index (κ3) is 1.38. The second kappa shape index (κ2) is 4.14.